The van der Waals surface area contributed by atoms with Crippen molar-refractivity contribution in [1.82, 2.24) is 15.6 Å². The molecule has 0 saturated carbocycles. The summed E-state index contributed by atoms with van der Waals surface area (Å²) in [5.74, 6) is 1.43. The summed E-state index contributed by atoms with van der Waals surface area (Å²) in [4.78, 5) is 17.6. The fourth-order valence-electron chi connectivity index (χ4n) is 2.69. The first-order chi connectivity index (χ1) is 12.8. The van der Waals surface area contributed by atoms with Crippen LogP contribution in [-0.4, -0.2) is 29.6 Å². The minimum Gasteiger partial charge on any atom is -0.492 e. The van der Waals surface area contributed by atoms with Gasteiger partial charge in [-0.2, -0.15) is 0 Å². The highest BCUT2D eigenvalue weighted by Gasteiger charge is 2.18. The quantitative estimate of drug-likeness (QED) is 0.751. The van der Waals surface area contributed by atoms with Crippen LogP contribution in [0.15, 0.2) is 35.4 Å². The van der Waals surface area contributed by atoms with Gasteiger partial charge >= 0.3 is 0 Å². The van der Waals surface area contributed by atoms with Gasteiger partial charge in [0, 0.05) is 41.0 Å². The van der Waals surface area contributed by atoms with E-state index in [1.54, 1.807) is 18.0 Å². The highest BCUT2D eigenvalue weighted by atomic mass is 35.5. The second-order valence-corrected chi connectivity index (χ2v) is 8.80. The molecule has 1 aromatic carbocycles. The lowest BCUT2D eigenvalue weighted by atomic mass is 10.1. The van der Waals surface area contributed by atoms with Crippen molar-refractivity contribution >= 4 is 29.3 Å². The van der Waals surface area contributed by atoms with E-state index in [1.165, 1.54) is 0 Å². The molecule has 3 rings (SSSR count). The van der Waals surface area contributed by atoms with Crippen LogP contribution in [0.2, 0.25) is 5.02 Å². The number of nitrogens with zero attached hydrogens (tertiary/aromatic N) is 1. The number of hydrogen-bond acceptors (Lipinski definition) is 5. The second-order valence-electron chi connectivity index (χ2n) is 7.41. The number of fused-ring (bicyclic) bond motifs is 1. The molecular formula is C20H24ClN3O2S. The van der Waals surface area contributed by atoms with Gasteiger partial charge in [0.25, 0.3) is 5.91 Å². The fraction of sp³-hybridized carbons (Fsp3) is 0.400. The van der Waals surface area contributed by atoms with Gasteiger partial charge in [-0.05, 0) is 45.0 Å². The van der Waals surface area contributed by atoms with E-state index >= 15 is 0 Å². The molecule has 0 radical (unpaired) electrons. The Balaban J connectivity index is 1.70. The Morgan fingerprint density at radius 1 is 1.33 bits per heavy atom. The highest BCUT2D eigenvalue weighted by Crippen LogP contribution is 2.38. The van der Waals surface area contributed by atoms with Crippen molar-refractivity contribution in [3.05, 3.63) is 52.3 Å². The number of amides is 1. The fourth-order valence-corrected chi connectivity index (χ4v) is 4.05. The van der Waals surface area contributed by atoms with Gasteiger partial charge < -0.3 is 15.4 Å². The van der Waals surface area contributed by atoms with Gasteiger partial charge in [0.2, 0.25) is 0 Å². The average molecular weight is 406 g/mol. The summed E-state index contributed by atoms with van der Waals surface area (Å²) >= 11 is 8.06. The van der Waals surface area contributed by atoms with Gasteiger partial charge in [-0.25, -0.2) is 0 Å². The van der Waals surface area contributed by atoms with E-state index in [1.807, 2.05) is 45.0 Å². The number of aromatic nitrogens is 1. The molecule has 2 heterocycles. The maximum absolute atomic E-state index is 12.2. The van der Waals surface area contributed by atoms with Crippen LogP contribution < -0.4 is 15.4 Å². The minimum absolute atomic E-state index is 0.117. The molecule has 144 valence electrons. The van der Waals surface area contributed by atoms with Crippen molar-refractivity contribution in [3.8, 4) is 5.75 Å². The molecule has 1 aliphatic heterocycles. The molecule has 1 aliphatic rings. The first-order valence-electron chi connectivity index (χ1n) is 8.88. The molecule has 2 aromatic rings. The number of ether oxygens (including phenoxy) is 1. The number of carbonyl (C=O) groups is 1. The monoisotopic (exact) mass is 405 g/mol. The zero-order chi connectivity index (χ0) is 19.4. The lowest BCUT2D eigenvalue weighted by molar-refractivity contribution is 0.0919. The van der Waals surface area contributed by atoms with Crippen molar-refractivity contribution in [2.75, 3.05) is 13.2 Å². The zero-order valence-corrected chi connectivity index (χ0v) is 17.3. The van der Waals surface area contributed by atoms with Crippen LogP contribution in [0.25, 0.3) is 0 Å². The summed E-state index contributed by atoms with van der Waals surface area (Å²) in [6, 6.07) is 7.49. The highest BCUT2D eigenvalue weighted by molar-refractivity contribution is 7.98. The summed E-state index contributed by atoms with van der Waals surface area (Å²) < 4.78 is 5.78. The van der Waals surface area contributed by atoms with Crippen LogP contribution in [0.3, 0.4) is 0 Å². The Kier molecular flexibility index (Phi) is 6.29. The van der Waals surface area contributed by atoms with E-state index in [9.17, 15) is 4.79 Å². The lowest BCUT2D eigenvalue weighted by Crippen LogP contribution is -2.40. The van der Waals surface area contributed by atoms with Crippen molar-refractivity contribution in [2.24, 2.45) is 0 Å². The molecule has 0 bridgehead atoms. The van der Waals surface area contributed by atoms with Gasteiger partial charge in [0.15, 0.2) is 0 Å². The zero-order valence-electron chi connectivity index (χ0n) is 15.8. The van der Waals surface area contributed by atoms with Crippen molar-refractivity contribution in [2.45, 2.75) is 43.5 Å². The van der Waals surface area contributed by atoms with Crippen LogP contribution in [0.4, 0.5) is 0 Å². The van der Waals surface area contributed by atoms with E-state index in [0.717, 1.165) is 35.0 Å². The van der Waals surface area contributed by atoms with Crippen LogP contribution in [0.5, 0.6) is 5.75 Å². The Morgan fingerprint density at radius 3 is 2.85 bits per heavy atom. The predicted octanol–water partition coefficient (Wildman–Crippen LogP) is 4.04. The van der Waals surface area contributed by atoms with Crippen molar-refractivity contribution in [3.63, 3.8) is 0 Å². The van der Waals surface area contributed by atoms with Gasteiger partial charge in [-0.1, -0.05) is 11.6 Å². The third-order valence-electron chi connectivity index (χ3n) is 3.95. The number of halogens is 1. The third-order valence-corrected chi connectivity index (χ3v) is 5.57. The van der Waals surface area contributed by atoms with E-state index < -0.39 is 0 Å². The second kappa shape index (κ2) is 8.50. The van der Waals surface area contributed by atoms with E-state index in [-0.39, 0.29) is 11.4 Å². The van der Waals surface area contributed by atoms with E-state index in [4.69, 9.17) is 16.3 Å². The summed E-state index contributed by atoms with van der Waals surface area (Å²) in [5, 5.41) is 7.00. The van der Waals surface area contributed by atoms with E-state index in [2.05, 4.69) is 15.6 Å². The smallest absolute Gasteiger partial charge is 0.253 e. The van der Waals surface area contributed by atoms with E-state index in [0.29, 0.717) is 22.9 Å². The first-order valence-corrected chi connectivity index (χ1v) is 10.2. The molecule has 0 unspecified atom stereocenters. The number of nitrogens with one attached hydrogen (secondary N) is 2. The molecule has 1 aromatic heterocycles. The molecule has 0 atom stereocenters. The molecular weight excluding hydrogens is 382 g/mol. The minimum atomic E-state index is -0.274. The molecule has 0 fully saturated rings. The standard InChI is InChI=1S/C20H24ClN3O2S/c1-20(2,3)24-19(25)13-4-5-14(23-10-13)12-27-18-15-11-22-8-9-26-17(15)7-6-16(18)21/h4-7,10,22H,8-9,11-12H2,1-3H3,(H,24,25). The van der Waals surface area contributed by atoms with Gasteiger partial charge in [0.05, 0.1) is 16.3 Å². The molecule has 0 saturated heterocycles. The van der Waals surface area contributed by atoms with Crippen LogP contribution in [0.1, 0.15) is 42.4 Å². The number of pyridine rings is 1. The molecule has 0 spiro atoms. The van der Waals surface area contributed by atoms with Gasteiger partial charge in [0.1, 0.15) is 12.4 Å². The molecule has 5 nitrogen and oxygen atoms in total. The lowest BCUT2D eigenvalue weighted by Gasteiger charge is -2.20. The summed E-state index contributed by atoms with van der Waals surface area (Å²) in [6.07, 6.45) is 1.62. The Hall–Kier alpha value is -1.76. The summed E-state index contributed by atoms with van der Waals surface area (Å²) in [6.45, 7) is 8.06. The Bertz CT molecular complexity index is 819. The average Bonchev–Trinajstić information content (AvgIpc) is 2.85. The third kappa shape index (κ3) is 5.37. The topological polar surface area (TPSA) is 63.2 Å². The summed E-state index contributed by atoms with van der Waals surface area (Å²) in [5.41, 5.74) is 2.27. The normalized spacial score (nSPS) is 14.1. The number of carbonyl (C=O) groups excluding carboxylic acids is 1. The molecule has 1 amide bonds. The van der Waals surface area contributed by atoms with Crippen molar-refractivity contribution < 1.29 is 9.53 Å². The molecule has 2 N–H and O–H groups in total. The van der Waals surface area contributed by atoms with Crippen molar-refractivity contribution in [1.29, 1.82) is 0 Å². The van der Waals surface area contributed by atoms with Crippen LogP contribution >= 0.6 is 23.4 Å². The number of thioether (sulfide) groups is 1. The molecule has 27 heavy (non-hydrogen) atoms. The molecule has 0 aliphatic carbocycles. The van der Waals surface area contributed by atoms with Crippen LogP contribution in [-0.2, 0) is 12.3 Å². The SMILES string of the molecule is CC(C)(C)NC(=O)c1ccc(CSc2c(Cl)ccc3c2CNCCO3)nc1. The number of hydrogen-bond donors (Lipinski definition) is 2. The maximum atomic E-state index is 12.2. The Morgan fingerprint density at radius 2 is 2.15 bits per heavy atom. The van der Waals surface area contributed by atoms with Gasteiger partial charge in [-0.3, -0.25) is 9.78 Å². The largest absolute Gasteiger partial charge is 0.492 e. The predicted molar refractivity (Wildman–Crippen MR) is 110 cm³/mol. The summed E-state index contributed by atoms with van der Waals surface area (Å²) in [7, 11) is 0. The maximum Gasteiger partial charge on any atom is 0.253 e. The first kappa shape index (κ1) is 20.0. The number of rotatable bonds is 4. The Labute approximate surface area is 169 Å². The van der Waals surface area contributed by atoms with Crippen LogP contribution in [0, 0.1) is 0 Å². The molecule has 7 heteroatoms. The number of benzene rings is 1. The van der Waals surface area contributed by atoms with Gasteiger partial charge in [-0.15, -0.1) is 11.8 Å².